The Kier molecular flexibility index (Phi) is 9.64. The van der Waals surface area contributed by atoms with Gasteiger partial charge in [0, 0.05) is 11.6 Å². The predicted molar refractivity (Wildman–Crippen MR) is 170 cm³/mol. The molecule has 1 atom stereocenters. The minimum atomic E-state index is -0.666. The number of fused-ring (bicyclic) bond motifs is 1. The number of nitrogens with two attached hydrogens (primary N) is 1. The molecule has 44 heavy (non-hydrogen) atoms. The first-order chi connectivity index (χ1) is 21.3. The number of unbranched alkanes of at least 4 members (excludes halogenated alkanes) is 1. The fourth-order valence-electron chi connectivity index (χ4n) is 4.78. The van der Waals surface area contributed by atoms with Crippen LogP contribution in [0.5, 0.6) is 23.0 Å². The Bertz CT molecular complexity index is 1740. The van der Waals surface area contributed by atoms with Gasteiger partial charge in [-0.15, -0.1) is 0 Å². The summed E-state index contributed by atoms with van der Waals surface area (Å²) in [5, 5.41) is 10.4. The molecule has 0 radical (unpaired) electrons. The van der Waals surface area contributed by atoms with Gasteiger partial charge < -0.3 is 24.7 Å². The second-order valence-corrected chi connectivity index (χ2v) is 11.1. The van der Waals surface area contributed by atoms with Crippen molar-refractivity contribution in [1.82, 2.24) is 0 Å². The number of esters is 1. The second kappa shape index (κ2) is 13.8. The first-order valence-electron chi connectivity index (χ1n) is 14.1. The van der Waals surface area contributed by atoms with Crippen LogP contribution in [0.25, 0.3) is 0 Å². The number of ether oxygens (including phenoxy) is 4. The zero-order chi connectivity index (χ0) is 31.2. The number of rotatable bonds is 10. The number of carbonyl (C=O) groups excluding carboxylic acids is 1. The molecule has 0 saturated carbocycles. The highest BCUT2D eigenvalue weighted by Crippen LogP contribution is 2.44. The van der Waals surface area contributed by atoms with E-state index in [4.69, 9.17) is 47.9 Å². The summed E-state index contributed by atoms with van der Waals surface area (Å²) in [7, 11) is 0. The van der Waals surface area contributed by atoms with Crippen LogP contribution in [0.2, 0.25) is 10.0 Å². The summed E-state index contributed by atoms with van der Waals surface area (Å²) in [5.41, 5.74) is 10.3. The highest BCUT2D eigenvalue weighted by Gasteiger charge is 2.31. The van der Waals surface area contributed by atoms with Crippen LogP contribution in [0.3, 0.4) is 0 Å². The number of halogens is 2. The molecule has 0 saturated heterocycles. The van der Waals surface area contributed by atoms with Gasteiger partial charge in [-0.1, -0.05) is 84.6 Å². The van der Waals surface area contributed by atoms with E-state index in [0.717, 1.165) is 24.0 Å². The Morgan fingerprint density at radius 3 is 2.43 bits per heavy atom. The van der Waals surface area contributed by atoms with Crippen LogP contribution in [-0.2, 0) is 6.61 Å². The standard InChI is InChI=1S/C35H30Cl2N2O5/c1-3-4-14-41-33-29(36)16-24(17-30(33)37)35(40)43-26-12-13-27-31(18-26)44-34(39)28(19-38)32(27)23-6-5-7-25(15-23)42-20-22-10-8-21(2)9-11-22/h5-13,15-18,32H,3-4,14,20,39H2,1-2H3. The zero-order valence-electron chi connectivity index (χ0n) is 24.2. The molecule has 4 aromatic carbocycles. The summed E-state index contributed by atoms with van der Waals surface area (Å²) in [6.07, 6.45) is 1.81. The average molecular weight is 630 g/mol. The van der Waals surface area contributed by atoms with E-state index in [1.807, 2.05) is 62.4 Å². The first kappa shape index (κ1) is 30.8. The average Bonchev–Trinajstić information content (AvgIpc) is 3.01. The molecule has 0 aromatic heterocycles. The van der Waals surface area contributed by atoms with E-state index in [1.54, 1.807) is 18.2 Å². The van der Waals surface area contributed by atoms with Crippen LogP contribution in [0.4, 0.5) is 0 Å². The molecule has 0 fully saturated rings. The molecule has 1 aliphatic heterocycles. The topological polar surface area (TPSA) is 104 Å². The smallest absolute Gasteiger partial charge is 0.343 e. The van der Waals surface area contributed by atoms with Crippen LogP contribution >= 0.6 is 23.2 Å². The van der Waals surface area contributed by atoms with Gasteiger partial charge in [-0.05, 0) is 54.8 Å². The summed E-state index contributed by atoms with van der Waals surface area (Å²) < 4.78 is 23.2. The fraction of sp³-hybridized carbons (Fsp3) is 0.200. The van der Waals surface area contributed by atoms with Crippen LogP contribution in [0, 0.1) is 18.3 Å². The maximum Gasteiger partial charge on any atom is 0.343 e. The molecule has 9 heteroatoms. The van der Waals surface area contributed by atoms with Crippen molar-refractivity contribution < 1.29 is 23.7 Å². The van der Waals surface area contributed by atoms with Crippen molar-refractivity contribution in [1.29, 1.82) is 5.26 Å². The third kappa shape index (κ3) is 6.94. The lowest BCUT2D eigenvalue weighted by Crippen LogP contribution is -2.21. The third-order valence-corrected chi connectivity index (χ3v) is 7.66. The van der Waals surface area contributed by atoms with Crippen molar-refractivity contribution in [2.24, 2.45) is 5.73 Å². The molecule has 2 N–H and O–H groups in total. The van der Waals surface area contributed by atoms with Gasteiger partial charge in [0.15, 0.2) is 5.75 Å². The molecule has 1 aliphatic rings. The summed E-state index contributed by atoms with van der Waals surface area (Å²) in [6, 6.07) is 25.7. The molecule has 7 nitrogen and oxygen atoms in total. The van der Waals surface area contributed by atoms with Gasteiger partial charge in [0.2, 0.25) is 5.88 Å². The molecule has 1 heterocycles. The number of nitriles is 1. The monoisotopic (exact) mass is 628 g/mol. The molecule has 224 valence electrons. The van der Waals surface area contributed by atoms with Crippen LogP contribution in [0.15, 0.2) is 90.3 Å². The Hall–Kier alpha value is -4.64. The van der Waals surface area contributed by atoms with Crippen molar-refractivity contribution in [3.05, 3.63) is 128 Å². The van der Waals surface area contributed by atoms with Gasteiger partial charge in [-0.2, -0.15) is 5.26 Å². The zero-order valence-corrected chi connectivity index (χ0v) is 25.7. The van der Waals surface area contributed by atoms with E-state index in [0.29, 0.717) is 36.0 Å². The summed E-state index contributed by atoms with van der Waals surface area (Å²) >= 11 is 12.7. The first-order valence-corrected chi connectivity index (χ1v) is 14.9. The number of carbonyl (C=O) groups is 1. The van der Waals surface area contributed by atoms with E-state index >= 15 is 0 Å². The third-order valence-electron chi connectivity index (χ3n) is 7.10. The molecular weight excluding hydrogens is 599 g/mol. The van der Waals surface area contributed by atoms with E-state index < -0.39 is 11.9 Å². The molecule has 0 bridgehead atoms. The molecule has 1 unspecified atom stereocenters. The largest absolute Gasteiger partial charge is 0.490 e. The van der Waals surface area contributed by atoms with Crippen molar-refractivity contribution in [3.63, 3.8) is 0 Å². The molecule has 0 amide bonds. The van der Waals surface area contributed by atoms with Gasteiger partial charge in [-0.25, -0.2) is 4.79 Å². The van der Waals surface area contributed by atoms with E-state index in [-0.39, 0.29) is 32.8 Å². The van der Waals surface area contributed by atoms with E-state index in [1.165, 1.54) is 17.7 Å². The number of allylic oxidation sites excluding steroid dienone is 1. The molecule has 5 rings (SSSR count). The number of benzene rings is 4. The van der Waals surface area contributed by atoms with Gasteiger partial charge in [0.25, 0.3) is 0 Å². The molecular formula is C35H30Cl2N2O5. The highest BCUT2D eigenvalue weighted by molar-refractivity contribution is 6.37. The number of hydrogen-bond donors (Lipinski definition) is 1. The lowest BCUT2D eigenvalue weighted by Gasteiger charge is -2.27. The van der Waals surface area contributed by atoms with Crippen molar-refractivity contribution in [2.75, 3.05) is 6.61 Å². The lowest BCUT2D eigenvalue weighted by atomic mass is 9.83. The fourth-order valence-corrected chi connectivity index (χ4v) is 5.37. The lowest BCUT2D eigenvalue weighted by molar-refractivity contribution is 0.0734. The SMILES string of the molecule is CCCCOc1c(Cl)cc(C(=O)Oc2ccc3c(c2)OC(N)=C(C#N)C3c2cccc(OCc3ccc(C)cc3)c2)cc1Cl. The van der Waals surface area contributed by atoms with Gasteiger partial charge in [-0.3, -0.25) is 0 Å². The van der Waals surface area contributed by atoms with Crippen molar-refractivity contribution in [2.45, 2.75) is 39.2 Å². The Morgan fingerprint density at radius 2 is 1.73 bits per heavy atom. The number of hydrogen-bond acceptors (Lipinski definition) is 7. The van der Waals surface area contributed by atoms with Crippen molar-refractivity contribution in [3.8, 4) is 29.1 Å². The maximum atomic E-state index is 13.0. The Balaban J connectivity index is 1.37. The molecule has 4 aromatic rings. The van der Waals surface area contributed by atoms with Crippen LogP contribution in [-0.4, -0.2) is 12.6 Å². The minimum Gasteiger partial charge on any atom is -0.490 e. The molecule has 0 aliphatic carbocycles. The predicted octanol–water partition coefficient (Wildman–Crippen LogP) is 8.50. The van der Waals surface area contributed by atoms with Crippen LogP contribution < -0.4 is 24.7 Å². The second-order valence-electron chi connectivity index (χ2n) is 10.3. The van der Waals surface area contributed by atoms with E-state index in [9.17, 15) is 10.1 Å². The summed E-state index contributed by atoms with van der Waals surface area (Å²) in [4.78, 5) is 13.0. The minimum absolute atomic E-state index is 0.0309. The molecule has 0 spiro atoms. The van der Waals surface area contributed by atoms with Gasteiger partial charge in [0.05, 0.1) is 28.1 Å². The van der Waals surface area contributed by atoms with E-state index in [2.05, 4.69) is 6.07 Å². The number of nitrogens with zero attached hydrogens (tertiary/aromatic N) is 1. The summed E-state index contributed by atoms with van der Waals surface area (Å²) in [6.45, 7) is 4.95. The number of aryl methyl sites for hydroxylation is 1. The Morgan fingerprint density at radius 1 is 0.977 bits per heavy atom. The quantitative estimate of drug-likeness (QED) is 0.107. The normalized spacial score (nSPS) is 13.8. The summed E-state index contributed by atoms with van der Waals surface area (Å²) in [5.74, 6) is 0.333. The van der Waals surface area contributed by atoms with Crippen LogP contribution in [0.1, 0.15) is 58.3 Å². The van der Waals surface area contributed by atoms with Gasteiger partial charge >= 0.3 is 5.97 Å². The van der Waals surface area contributed by atoms with Gasteiger partial charge in [0.1, 0.15) is 35.5 Å². The van der Waals surface area contributed by atoms with Crippen molar-refractivity contribution >= 4 is 29.2 Å². The highest BCUT2D eigenvalue weighted by atomic mass is 35.5. The Labute approximate surface area is 266 Å². The maximum absolute atomic E-state index is 13.0.